The minimum atomic E-state index is -0.159. The Labute approximate surface area is 101 Å². The van der Waals surface area contributed by atoms with Crippen molar-refractivity contribution in [2.75, 3.05) is 26.1 Å². The van der Waals surface area contributed by atoms with Crippen molar-refractivity contribution in [2.24, 2.45) is 5.92 Å². The molecule has 0 atom stereocenters. The molecule has 0 aromatic carbocycles. The standard InChI is InChI=1S/C11H18ClNO3/c1-16-11(15)9-4-7-13(8-5-9)10(14)3-2-6-12/h9H,2-8H2,1H3. The Hall–Kier alpha value is -0.770. The predicted molar refractivity (Wildman–Crippen MR) is 61.3 cm³/mol. The molecule has 0 N–H and O–H groups in total. The molecule has 1 amide bonds. The van der Waals surface area contributed by atoms with Crippen LogP contribution in [0.15, 0.2) is 0 Å². The molecule has 1 heterocycles. The number of esters is 1. The highest BCUT2D eigenvalue weighted by molar-refractivity contribution is 6.17. The first-order valence-corrected chi connectivity index (χ1v) is 6.14. The number of halogens is 1. The second kappa shape index (κ2) is 6.74. The van der Waals surface area contributed by atoms with Gasteiger partial charge in [0.15, 0.2) is 0 Å². The normalized spacial score (nSPS) is 17.2. The molecule has 0 saturated carbocycles. The maximum absolute atomic E-state index is 11.7. The number of carbonyl (C=O) groups is 2. The molecular formula is C11H18ClNO3. The van der Waals surface area contributed by atoms with Crippen LogP contribution in [0, 0.1) is 5.92 Å². The van der Waals surface area contributed by atoms with Crippen molar-refractivity contribution < 1.29 is 14.3 Å². The van der Waals surface area contributed by atoms with E-state index in [0.29, 0.717) is 38.2 Å². The summed E-state index contributed by atoms with van der Waals surface area (Å²) in [4.78, 5) is 24.7. The Morgan fingerprint density at radius 2 is 2.00 bits per heavy atom. The Bertz CT molecular complexity index is 250. The summed E-state index contributed by atoms with van der Waals surface area (Å²) in [5.74, 6) is 0.462. The van der Waals surface area contributed by atoms with Crippen molar-refractivity contribution in [3.63, 3.8) is 0 Å². The fourth-order valence-electron chi connectivity index (χ4n) is 1.91. The van der Waals surface area contributed by atoms with Gasteiger partial charge >= 0.3 is 5.97 Å². The number of likely N-dealkylation sites (tertiary alicyclic amines) is 1. The van der Waals surface area contributed by atoms with Gasteiger partial charge in [-0.1, -0.05) is 0 Å². The molecule has 1 fully saturated rings. The van der Waals surface area contributed by atoms with Crippen LogP contribution in [0.3, 0.4) is 0 Å². The lowest BCUT2D eigenvalue weighted by atomic mass is 9.97. The van der Waals surface area contributed by atoms with E-state index >= 15 is 0 Å². The number of hydrogen-bond donors (Lipinski definition) is 0. The van der Waals surface area contributed by atoms with Gasteiger partial charge in [-0.05, 0) is 19.3 Å². The number of piperidine rings is 1. The Morgan fingerprint density at radius 3 is 2.50 bits per heavy atom. The van der Waals surface area contributed by atoms with E-state index in [9.17, 15) is 9.59 Å². The van der Waals surface area contributed by atoms with Crippen molar-refractivity contribution >= 4 is 23.5 Å². The first kappa shape index (κ1) is 13.3. The average molecular weight is 248 g/mol. The number of ether oxygens (including phenoxy) is 1. The first-order chi connectivity index (χ1) is 7.69. The zero-order valence-electron chi connectivity index (χ0n) is 9.58. The van der Waals surface area contributed by atoms with Crippen molar-refractivity contribution in [3.8, 4) is 0 Å². The first-order valence-electron chi connectivity index (χ1n) is 5.60. The van der Waals surface area contributed by atoms with Crippen LogP contribution < -0.4 is 0 Å². The van der Waals surface area contributed by atoms with Crippen molar-refractivity contribution in [2.45, 2.75) is 25.7 Å². The van der Waals surface area contributed by atoms with E-state index in [2.05, 4.69) is 0 Å². The summed E-state index contributed by atoms with van der Waals surface area (Å²) in [6, 6.07) is 0. The quantitative estimate of drug-likeness (QED) is 0.558. The third-order valence-electron chi connectivity index (χ3n) is 2.91. The molecule has 0 unspecified atom stereocenters. The molecule has 0 spiro atoms. The fourth-order valence-corrected chi connectivity index (χ4v) is 2.04. The van der Waals surface area contributed by atoms with Crippen molar-refractivity contribution in [1.29, 1.82) is 0 Å². The number of methoxy groups -OCH3 is 1. The summed E-state index contributed by atoms with van der Waals surface area (Å²) < 4.78 is 4.69. The zero-order chi connectivity index (χ0) is 12.0. The Kier molecular flexibility index (Phi) is 5.60. The molecule has 1 aliphatic rings. The summed E-state index contributed by atoms with van der Waals surface area (Å²) in [6.45, 7) is 1.31. The highest BCUT2D eigenvalue weighted by Gasteiger charge is 2.27. The van der Waals surface area contributed by atoms with Crippen LogP contribution in [0.1, 0.15) is 25.7 Å². The lowest BCUT2D eigenvalue weighted by Crippen LogP contribution is -2.40. The van der Waals surface area contributed by atoms with E-state index < -0.39 is 0 Å². The second-order valence-corrected chi connectivity index (χ2v) is 4.35. The van der Waals surface area contributed by atoms with Crippen LogP contribution in [-0.2, 0) is 14.3 Å². The summed E-state index contributed by atoms with van der Waals surface area (Å²) in [7, 11) is 1.40. The highest BCUT2D eigenvalue weighted by Crippen LogP contribution is 2.19. The van der Waals surface area contributed by atoms with E-state index in [-0.39, 0.29) is 17.8 Å². The van der Waals surface area contributed by atoms with Crippen molar-refractivity contribution in [3.05, 3.63) is 0 Å². The lowest BCUT2D eigenvalue weighted by molar-refractivity contribution is -0.148. The SMILES string of the molecule is COC(=O)C1CCN(C(=O)CCCCl)CC1. The van der Waals surface area contributed by atoms with Gasteiger partial charge in [0.1, 0.15) is 0 Å². The van der Waals surface area contributed by atoms with E-state index in [1.807, 2.05) is 4.90 Å². The maximum atomic E-state index is 11.7. The van der Waals surface area contributed by atoms with Gasteiger partial charge in [0.2, 0.25) is 5.91 Å². The van der Waals surface area contributed by atoms with E-state index in [1.54, 1.807) is 0 Å². The number of carbonyl (C=O) groups excluding carboxylic acids is 2. The van der Waals surface area contributed by atoms with Gasteiger partial charge in [-0.25, -0.2) is 0 Å². The van der Waals surface area contributed by atoms with Gasteiger partial charge in [-0.15, -0.1) is 11.6 Å². The van der Waals surface area contributed by atoms with Gasteiger partial charge in [-0.3, -0.25) is 9.59 Å². The molecule has 1 aliphatic heterocycles. The zero-order valence-corrected chi connectivity index (χ0v) is 10.3. The lowest BCUT2D eigenvalue weighted by Gasteiger charge is -2.30. The summed E-state index contributed by atoms with van der Waals surface area (Å²) in [5, 5.41) is 0. The molecule has 1 saturated heterocycles. The van der Waals surface area contributed by atoms with E-state index in [0.717, 1.165) is 6.42 Å². The molecule has 0 aliphatic carbocycles. The molecule has 0 radical (unpaired) electrons. The molecule has 0 aromatic rings. The Balaban J connectivity index is 2.31. The molecule has 16 heavy (non-hydrogen) atoms. The summed E-state index contributed by atoms with van der Waals surface area (Å²) in [6.07, 6.45) is 2.64. The number of alkyl halides is 1. The average Bonchev–Trinajstić information content (AvgIpc) is 2.35. The number of amides is 1. The number of nitrogens with zero attached hydrogens (tertiary/aromatic N) is 1. The molecule has 0 bridgehead atoms. The van der Waals surface area contributed by atoms with Gasteiger partial charge in [0, 0.05) is 25.4 Å². The Morgan fingerprint density at radius 1 is 1.38 bits per heavy atom. The molecule has 5 heteroatoms. The van der Waals surface area contributed by atoms with Gasteiger partial charge in [0.05, 0.1) is 13.0 Å². The molecular weight excluding hydrogens is 230 g/mol. The van der Waals surface area contributed by atoms with Crippen LogP contribution >= 0.6 is 11.6 Å². The van der Waals surface area contributed by atoms with Crippen molar-refractivity contribution in [1.82, 2.24) is 4.90 Å². The van der Waals surface area contributed by atoms with Crippen LogP contribution in [0.2, 0.25) is 0 Å². The smallest absolute Gasteiger partial charge is 0.308 e. The largest absolute Gasteiger partial charge is 0.469 e. The highest BCUT2D eigenvalue weighted by atomic mass is 35.5. The van der Waals surface area contributed by atoms with E-state index in [4.69, 9.17) is 16.3 Å². The van der Waals surface area contributed by atoms with E-state index in [1.165, 1.54) is 7.11 Å². The summed E-state index contributed by atoms with van der Waals surface area (Å²) in [5.41, 5.74) is 0. The second-order valence-electron chi connectivity index (χ2n) is 3.97. The monoisotopic (exact) mass is 247 g/mol. The van der Waals surface area contributed by atoms with Crippen LogP contribution in [0.5, 0.6) is 0 Å². The fraction of sp³-hybridized carbons (Fsp3) is 0.818. The molecule has 92 valence electrons. The molecule has 1 rings (SSSR count). The van der Waals surface area contributed by atoms with Gasteiger partial charge in [0.25, 0.3) is 0 Å². The predicted octanol–water partition coefficient (Wildman–Crippen LogP) is 1.42. The topological polar surface area (TPSA) is 46.6 Å². The van der Waals surface area contributed by atoms with Gasteiger partial charge in [-0.2, -0.15) is 0 Å². The third-order valence-corrected chi connectivity index (χ3v) is 3.17. The van der Waals surface area contributed by atoms with Crippen LogP contribution in [-0.4, -0.2) is 42.9 Å². The third kappa shape index (κ3) is 3.67. The maximum Gasteiger partial charge on any atom is 0.308 e. The van der Waals surface area contributed by atoms with Gasteiger partial charge < -0.3 is 9.64 Å². The molecule has 4 nitrogen and oxygen atoms in total. The van der Waals surface area contributed by atoms with Crippen LogP contribution in [0.25, 0.3) is 0 Å². The number of hydrogen-bond acceptors (Lipinski definition) is 3. The summed E-state index contributed by atoms with van der Waals surface area (Å²) >= 11 is 5.54. The molecule has 0 aromatic heterocycles. The minimum Gasteiger partial charge on any atom is -0.469 e. The van der Waals surface area contributed by atoms with Crippen LogP contribution in [0.4, 0.5) is 0 Å². The number of rotatable bonds is 4. The minimum absolute atomic E-state index is 0.0397.